The molecule has 0 saturated heterocycles. The third-order valence-corrected chi connectivity index (χ3v) is 3.30. The summed E-state index contributed by atoms with van der Waals surface area (Å²) in [6, 6.07) is 13.8. The summed E-state index contributed by atoms with van der Waals surface area (Å²) in [4.78, 5) is 16.0. The van der Waals surface area contributed by atoms with Gasteiger partial charge in [-0.2, -0.15) is 0 Å². The van der Waals surface area contributed by atoms with Crippen molar-refractivity contribution in [1.82, 2.24) is 4.98 Å². The lowest BCUT2D eigenvalue weighted by molar-refractivity contribution is -0.117. The quantitative estimate of drug-likeness (QED) is 0.893. The van der Waals surface area contributed by atoms with Crippen molar-refractivity contribution >= 4 is 11.6 Å². The number of nitrogens with zero attached hydrogens (tertiary/aromatic N) is 1. The Balaban J connectivity index is 1.63. The highest BCUT2D eigenvalue weighted by molar-refractivity contribution is 5.95. The maximum absolute atomic E-state index is 12.0. The second-order valence-electron chi connectivity index (χ2n) is 4.58. The lowest BCUT2D eigenvalue weighted by Gasteiger charge is -2.04. The first-order valence-corrected chi connectivity index (χ1v) is 6.10. The molecule has 3 nitrogen and oxygen atoms in total. The molecule has 0 unspecified atom stereocenters. The van der Waals surface area contributed by atoms with Crippen LogP contribution in [0.4, 0.5) is 5.69 Å². The molecule has 0 bridgehead atoms. The van der Waals surface area contributed by atoms with E-state index < -0.39 is 0 Å². The van der Waals surface area contributed by atoms with Gasteiger partial charge in [0.25, 0.3) is 0 Å². The summed E-state index contributed by atoms with van der Waals surface area (Å²) in [6.07, 6.45) is 4.30. The second kappa shape index (κ2) is 4.61. The summed E-state index contributed by atoms with van der Waals surface area (Å²) in [5.41, 5.74) is 2.07. The lowest BCUT2D eigenvalue weighted by atomic mass is 10.1. The molecule has 3 heteroatoms. The number of nitrogens with one attached hydrogen (secondary N) is 1. The summed E-state index contributed by atoms with van der Waals surface area (Å²) < 4.78 is 0. The number of carbonyl (C=O) groups is 1. The summed E-state index contributed by atoms with van der Waals surface area (Å²) in [5.74, 6) is 0.601. The zero-order valence-electron chi connectivity index (χ0n) is 9.91. The maximum atomic E-state index is 12.0. The van der Waals surface area contributed by atoms with Crippen LogP contribution >= 0.6 is 0 Å². The SMILES string of the molecule is O=C(Nc1ccncc1)[C@H]1C[C@H]1c1ccccc1. The molecule has 1 saturated carbocycles. The topological polar surface area (TPSA) is 42.0 Å². The molecule has 1 heterocycles. The Bertz CT molecular complexity index is 539. The standard InChI is InChI=1S/C15H14N2O/c18-15(17-12-6-8-16-9-7-12)14-10-13(14)11-4-2-1-3-5-11/h1-9,13-14H,10H2,(H,16,17,18)/t13-,14-/m0/s1. The van der Waals surface area contributed by atoms with E-state index in [0.717, 1.165) is 12.1 Å². The minimum absolute atomic E-state index is 0.107. The minimum atomic E-state index is 0.107. The van der Waals surface area contributed by atoms with E-state index in [1.807, 2.05) is 18.2 Å². The molecule has 2 aromatic rings. The molecule has 1 aromatic heterocycles. The fourth-order valence-electron chi connectivity index (χ4n) is 2.22. The zero-order valence-corrected chi connectivity index (χ0v) is 9.91. The average Bonchev–Trinajstić information content (AvgIpc) is 3.21. The van der Waals surface area contributed by atoms with E-state index in [4.69, 9.17) is 0 Å². The van der Waals surface area contributed by atoms with Crippen molar-refractivity contribution in [1.29, 1.82) is 0 Å². The number of pyridine rings is 1. The average molecular weight is 238 g/mol. The van der Waals surface area contributed by atoms with Crippen molar-refractivity contribution in [2.75, 3.05) is 5.32 Å². The number of anilines is 1. The molecule has 1 N–H and O–H groups in total. The van der Waals surface area contributed by atoms with Crippen LogP contribution in [0.15, 0.2) is 54.9 Å². The van der Waals surface area contributed by atoms with Crippen LogP contribution in [0.1, 0.15) is 17.9 Å². The molecular formula is C15H14N2O. The molecule has 2 atom stereocenters. The van der Waals surface area contributed by atoms with Crippen molar-refractivity contribution in [3.8, 4) is 0 Å². The molecule has 90 valence electrons. The van der Waals surface area contributed by atoms with Crippen LogP contribution in [0.3, 0.4) is 0 Å². The summed E-state index contributed by atoms with van der Waals surface area (Å²) in [7, 11) is 0. The Labute approximate surface area is 106 Å². The van der Waals surface area contributed by atoms with Gasteiger partial charge in [0.2, 0.25) is 5.91 Å². The van der Waals surface area contributed by atoms with Crippen molar-refractivity contribution in [2.45, 2.75) is 12.3 Å². The van der Waals surface area contributed by atoms with E-state index in [1.54, 1.807) is 24.5 Å². The first-order valence-electron chi connectivity index (χ1n) is 6.10. The number of carbonyl (C=O) groups excluding carboxylic acids is 1. The smallest absolute Gasteiger partial charge is 0.228 e. The van der Waals surface area contributed by atoms with Crippen molar-refractivity contribution in [3.63, 3.8) is 0 Å². The Morgan fingerprint density at radius 1 is 1.11 bits per heavy atom. The van der Waals surface area contributed by atoms with Crippen molar-refractivity contribution < 1.29 is 4.79 Å². The molecule has 1 aliphatic rings. The van der Waals surface area contributed by atoms with Crippen LogP contribution in [0, 0.1) is 5.92 Å². The Morgan fingerprint density at radius 2 is 1.83 bits per heavy atom. The molecule has 18 heavy (non-hydrogen) atoms. The van der Waals surface area contributed by atoms with E-state index >= 15 is 0 Å². The van der Waals surface area contributed by atoms with E-state index in [2.05, 4.69) is 22.4 Å². The molecule has 1 aromatic carbocycles. The third-order valence-electron chi connectivity index (χ3n) is 3.30. The number of aromatic nitrogens is 1. The van der Waals surface area contributed by atoms with Crippen LogP contribution in [0.5, 0.6) is 0 Å². The number of hydrogen-bond acceptors (Lipinski definition) is 2. The van der Waals surface area contributed by atoms with Gasteiger partial charge < -0.3 is 5.32 Å². The van der Waals surface area contributed by atoms with Crippen molar-refractivity contribution in [2.24, 2.45) is 5.92 Å². The molecule has 1 fully saturated rings. The highest BCUT2D eigenvalue weighted by atomic mass is 16.2. The predicted octanol–water partition coefficient (Wildman–Crippen LogP) is 2.82. The minimum Gasteiger partial charge on any atom is -0.326 e. The Kier molecular flexibility index (Phi) is 2.81. The molecule has 0 spiro atoms. The molecule has 3 rings (SSSR count). The maximum Gasteiger partial charge on any atom is 0.228 e. The number of hydrogen-bond donors (Lipinski definition) is 1. The highest BCUT2D eigenvalue weighted by Gasteiger charge is 2.43. The molecule has 0 radical (unpaired) electrons. The monoisotopic (exact) mass is 238 g/mol. The van der Waals surface area contributed by atoms with Crippen LogP contribution in [-0.2, 0) is 4.79 Å². The largest absolute Gasteiger partial charge is 0.326 e. The fraction of sp³-hybridized carbons (Fsp3) is 0.200. The molecular weight excluding hydrogens is 224 g/mol. The number of amides is 1. The first-order chi connectivity index (χ1) is 8.84. The fourth-order valence-corrected chi connectivity index (χ4v) is 2.22. The van der Waals surface area contributed by atoms with Gasteiger partial charge in [0, 0.05) is 24.0 Å². The van der Waals surface area contributed by atoms with Crippen LogP contribution in [0.25, 0.3) is 0 Å². The van der Waals surface area contributed by atoms with E-state index in [-0.39, 0.29) is 11.8 Å². The van der Waals surface area contributed by atoms with E-state index in [1.165, 1.54) is 5.56 Å². The molecule has 0 aliphatic heterocycles. The zero-order chi connectivity index (χ0) is 12.4. The first kappa shape index (κ1) is 11.0. The lowest BCUT2D eigenvalue weighted by Crippen LogP contribution is -2.14. The number of benzene rings is 1. The van der Waals surface area contributed by atoms with Gasteiger partial charge in [0.15, 0.2) is 0 Å². The Morgan fingerprint density at radius 3 is 2.56 bits per heavy atom. The third kappa shape index (κ3) is 2.25. The highest BCUT2D eigenvalue weighted by Crippen LogP contribution is 2.47. The van der Waals surface area contributed by atoms with Gasteiger partial charge in [-0.3, -0.25) is 9.78 Å². The van der Waals surface area contributed by atoms with Gasteiger partial charge in [-0.05, 0) is 30.0 Å². The van der Waals surface area contributed by atoms with Crippen LogP contribution in [-0.4, -0.2) is 10.9 Å². The van der Waals surface area contributed by atoms with E-state index in [0.29, 0.717) is 5.92 Å². The predicted molar refractivity (Wildman–Crippen MR) is 70.2 cm³/mol. The van der Waals surface area contributed by atoms with Gasteiger partial charge in [-0.25, -0.2) is 0 Å². The van der Waals surface area contributed by atoms with Gasteiger partial charge in [0.05, 0.1) is 0 Å². The van der Waals surface area contributed by atoms with Crippen LogP contribution < -0.4 is 5.32 Å². The van der Waals surface area contributed by atoms with Gasteiger partial charge in [-0.15, -0.1) is 0 Å². The normalized spacial score (nSPS) is 21.3. The summed E-state index contributed by atoms with van der Waals surface area (Å²) >= 11 is 0. The molecule has 1 amide bonds. The number of rotatable bonds is 3. The van der Waals surface area contributed by atoms with Crippen LogP contribution in [0.2, 0.25) is 0 Å². The van der Waals surface area contributed by atoms with E-state index in [9.17, 15) is 4.79 Å². The van der Waals surface area contributed by atoms with Gasteiger partial charge >= 0.3 is 0 Å². The second-order valence-corrected chi connectivity index (χ2v) is 4.58. The van der Waals surface area contributed by atoms with Crippen molar-refractivity contribution in [3.05, 3.63) is 60.4 Å². The van der Waals surface area contributed by atoms with Gasteiger partial charge in [0.1, 0.15) is 0 Å². The Hall–Kier alpha value is -2.16. The summed E-state index contributed by atoms with van der Waals surface area (Å²) in [5, 5.41) is 2.92. The van der Waals surface area contributed by atoms with Gasteiger partial charge in [-0.1, -0.05) is 30.3 Å². The summed E-state index contributed by atoms with van der Waals surface area (Å²) in [6.45, 7) is 0. The molecule has 1 aliphatic carbocycles.